The van der Waals surface area contributed by atoms with Gasteiger partial charge in [0.2, 0.25) is 0 Å². The second-order valence-corrected chi connectivity index (χ2v) is 5.50. The van der Waals surface area contributed by atoms with Crippen LogP contribution in [0.2, 0.25) is 5.02 Å². The fourth-order valence-electron chi connectivity index (χ4n) is 2.46. The molecule has 0 spiro atoms. The van der Waals surface area contributed by atoms with Gasteiger partial charge in [0.15, 0.2) is 0 Å². The molecule has 1 aliphatic heterocycles. The monoisotopic (exact) mass is 309 g/mol. The second-order valence-electron chi connectivity index (χ2n) is 5.07. The number of amides is 2. The van der Waals surface area contributed by atoms with Gasteiger partial charge in [0.25, 0.3) is 0 Å². The molecule has 1 saturated heterocycles. The molecule has 6 heteroatoms. The van der Waals surface area contributed by atoms with Gasteiger partial charge in [-0.05, 0) is 31.0 Å². The van der Waals surface area contributed by atoms with E-state index in [9.17, 15) is 10.0 Å². The quantitative estimate of drug-likeness (QED) is 0.840. The first-order valence-corrected chi connectivity index (χ1v) is 7.36. The number of anilines is 1. The molecular weight excluding hydrogens is 290 g/mol. The van der Waals surface area contributed by atoms with Crippen molar-refractivity contribution >= 4 is 23.3 Å². The zero-order valence-corrected chi connectivity index (χ0v) is 12.6. The van der Waals surface area contributed by atoms with Crippen LogP contribution >= 0.6 is 11.6 Å². The number of benzene rings is 1. The highest BCUT2D eigenvalue weighted by Crippen LogP contribution is 2.19. The maximum atomic E-state index is 12.4. The molecule has 0 radical (unpaired) electrons. The van der Waals surface area contributed by atoms with E-state index in [1.165, 1.54) is 5.06 Å². The third kappa shape index (κ3) is 4.46. The predicted octanol–water partition coefficient (Wildman–Crippen LogP) is 3.21. The number of hydroxylamine groups is 2. The normalized spacial score (nSPS) is 16.5. The zero-order valence-electron chi connectivity index (χ0n) is 11.8. The first kappa shape index (κ1) is 15.8. The van der Waals surface area contributed by atoms with Crippen molar-refractivity contribution in [3.63, 3.8) is 0 Å². The average Bonchev–Trinajstić information content (AvgIpc) is 2.46. The van der Waals surface area contributed by atoms with Crippen LogP contribution in [-0.2, 0) is 0 Å². The van der Waals surface area contributed by atoms with E-state index in [1.807, 2.05) is 0 Å². The number of nitrogens with one attached hydrogen (secondary N) is 1. The summed E-state index contributed by atoms with van der Waals surface area (Å²) in [6.45, 7) is 5.33. The van der Waals surface area contributed by atoms with Gasteiger partial charge in [0.05, 0.1) is 0 Å². The van der Waals surface area contributed by atoms with Gasteiger partial charge >= 0.3 is 6.03 Å². The van der Waals surface area contributed by atoms with Crippen molar-refractivity contribution in [2.75, 3.05) is 25.0 Å². The molecule has 0 aliphatic carbocycles. The van der Waals surface area contributed by atoms with Gasteiger partial charge in [-0.3, -0.25) is 0 Å². The number of nitrogens with zero attached hydrogens (tertiary/aromatic N) is 2. The van der Waals surface area contributed by atoms with E-state index in [0.717, 1.165) is 12.8 Å². The van der Waals surface area contributed by atoms with Gasteiger partial charge in [-0.25, -0.2) is 4.79 Å². The van der Waals surface area contributed by atoms with Crippen LogP contribution in [0.4, 0.5) is 10.5 Å². The van der Waals surface area contributed by atoms with Crippen molar-refractivity contribution in [2.45, 2.75) is 18.9 Å². The van der Waals surface area contributed by atoms with Crippen LogP contribution in [0.1, 0.15) is 12.8 Å². The Hall–Kier alpha value is -1.56. The van der Waals surface area contributed by atoms with Crippen LogP contribution in [-0.4, -0.2) is 46.9 Å². The largest absolute Gasteiger partial charge is 0.322 e. The number of hydrogen-bond acceptors (Lipinski definition) is 3. The van der Waals surface area contributed by atoms with E-state index in [0.29, 0.717) is 30.3 Å². The van der Waals surface area contributed by atoms with E-state index in [-0.39, 0.29) is 12.1 Å². The average molecular weight is 310 g/mol. The summed E-state index contributed by atoms with van der Waals surface area (Å²) in [5.74, 6) is 0. The van der Waals surface area contributed by atoms with Crippen molar-refractivity contribution in [2.24, 2.45) is 0 Å². The Morgan fingerprint density at radius 1 is 1.52 bits per heavy atom. The Morgan fingerprint density at radius 2 is 2.24 bits per heavy atom. The standard InChI is InChI=1S/C15H20ClN3O2/c1-2-8-19(14-6-9-18(21)10-7-14)15(20)17-13-5-3-4-12(16)11-13/h2-5,11,14,21H,1,6-10H2,(H,17,20). The van der Waals surface area contributed by atoms with Crippen molar-refractivity contribution in [1.82, 2.24) is 9.96 Å². The Morgan fingerprint density at radius 3 is 2.86 bits per heavy atom. The van der Waals surface area contributed by atoms with E-state index < -0.39 is 0 Å². The van der Waals surface area contributed by atoms with Crippen LogP contribution in [0.3, 0.4) is 0 Å². The van der Waals surface area contributed by atoms with Gasteiger partial charge in [-0.2, -0.15) is 5.06 Å². The molecule has 0 saturated carbocycles. The SMILES string of the molecule is C=CCN(C(=O)Nc1cccc(Cl)c1)C1CCN(O)CC1. The van der Waals surface area contributed by atoms with Crippen LogP contribution in [0, 0.1) is 0 Å². The Labute approximate surface area is 129 Å². The first-order chi connectivity index (χ1) is 10.1. The van der Waals surface area contributed by atoms with Crippen molar-refractivity contribution < 1.29 is 10.0 Å². The van der Waals surface area contributed by atoms with E-state index in [1.54, 1.807) is 35.2 Å². The smallest absolute Gasteiger partial charge is 0.318 e. The number of rotatable bonds is 4. The lowest BCUT2D eigenvalue weighted by Crippen LogP contribution is -2.48. The summed E-state index contributed by atoms with van der Waals surface area (Å²) in [4.78, 5) is 14.2. The minimum Gasteiger partial charge on any atom is -0.318 e. The molecular formula is C15H20ClN3O2. The Balaban J connectivity index is 2.03. The molecule has 1 aliphatic rings. The van der Waals surface area contributed by atoms with E-state index >= 15 is 0 Å². The molecule has 1 aromatic rings. The molecule has 1 fully saturated rings. The first-order valence-electron chi connectivity index (χ1n) is 6.98. The number of hydrogen-bond donors (Lipinski definition) is 2. The summed E-state index contributed by atoms with van der Waals surface area (Å²) >= 11 is 5.92. The van der Waals surface area contributed by atoms with E-state index in [2.05, 4.69) is 11.9 Å². The number of carbonyl (C=O) groups excluding carboxylic acids is 1. The molecule has 114 valence electrons. The number of urea groups is 1. The highest BCUT2D eigenvalue weighted by molar-refractivity contribution is 6.30. The fraction of sp³-hybridized carbons (Fsp3) is 0.400. The Bertz CT molecular complexity index is 501. The van der Waals surface area contributed by atoms with Gasteiger partial charge < -0.3 is 15.4 Å². The maximum absolute atomic E-state index is 12.4. The van der Waals surface area contributed by atoms with Crippen molar-refractivity contribution in [1.29, 1.82) is 0 Å². The predicted molar refractivity (Wildman–Crippen MR) is 83.8 cm³/mol. The molecule has 0 bridgehead atoms. The third-order valence-corrected chi connectivity index (χ3v) is 3.78. The molecule has 5 nitrogen and oxygen atoms in total. The fourth-order valence-corrected chi connectivity index (χ4v) is 2.65. The number of piperidine rings is 1. The van der Waals surface area contributed by atoms with Crippen LogP contribution in [0.15, 0.2) is 36.9 Å². The van der Waals surface area contributed by atoms with Gasteiger partial charge in [-0.1, -0.05) is 23.7 Å². The minimum absolute atomic E-state index is 0.102. The molecule has 2 amide bonds. The summed E-state index contributed by atoms with van der Waals surface area (Å²) in [6.07, 6.45) is 3.20. The number of carbonyl (C=O) groups is 1. The molecule has 0 atom stereocenters. The second kappa shape index (κ2) is 7.45. The lowest BCUT2D eigenvalue weighted by Gasteiger charge is -2.36. The molecule has 2 rings (SSSR count). The molecule has 2 N–H and O–H groups in total. The lowest BCUT2D eigenvalue weighted by atomic mass is 10.0. The van der Waals surface area contributed by atoms with Crippen LogP contribution in [0.25, 0.3) is 0 Å². The zero-order chi connectivity index (χ0) is 15.2. The van der Waals surface area contributed by atoms with Crippen LogP contribution in [0.5, 0.6) is 0 Å². The molecule has 1 heterocycles. The molecule has 0 unspecified atom stereocenters. The topological polar surface area (TPSA) is 55.8 Å². The Kier molecular flexibility index (Phi) is 5.61. The van der Waals surface area contributed by atoms with Gasteiger partial charge in [-0.15, -0.1) is 6.58 Å². The summed E-state index contributed by atoms with van der Waals surface area (Å²) < 4.78 is 0. The highest BCUT2D eigenvalue weighted by atomic mass is 35.5. The van der Waals surface area contributed by atoms with E-state index in [4.69, 9.17) is 11.6 Å². The molecule has 21 heavy (non-hydrogen) atoms. The van der Waals surface area contributed by atoms with Crippen molar-refractivity contribution in [3.05, 3.63) is 41.9 Å². The summed E-state index contributed by atoms with van der Waals surface area (Å²) in [6, 6.07) is 6.99. The van der Waals surface area contributed by atoms with Crippen molar-refractivity contribution in [3.8, 4) is 0 Å². The van der Waals surface area contributed by atoms with Gasteiger partial charge in [0.1, 0.15) is 0 Å². The molecule has 0 aromatic heterocycles. The number of halogens is 1. The lowest BCUT2D eigenvalue weighted by molar-refractivity contribution is -0.112. The van der Waals surface area contributed by atoms with Gasteiger partial charge in [0, 0.05) is 36.4 Å². The minimum atomic E-state index is -0.173. The summed E-state index contributed by atoms with van der Waals surface area (Å²) in [5, 5.41) is 14.1. The highest BCUT2D eigenvalue weighted by Gasteiger charge is 2.26. The summed E-state index contributed by atoms with van der Waals surface area (Å²) in [5.41, 5.74) is 0.668. The molecule has 1 aromatic carbocycles. The third-order valence-electron chi connectivity index (χ3n) is 3.54. The maximum Gasteiger partial charge on any atom is 0.322 e. The summed E-state index contributed by atoms with van der Waals surface area (Å²) in [7, 11) is 0. The van der Waals surface area contributed by atoms with Crippen LogP contribution < -0.4 is 5.32 Å².